The van der Waals surface area contributed by atoms with Gasteiger partial charge < -0.3 is 19.1 Å². The molecule has 132 valence electrons. The van der Waals surface area contributed by atoms with Crippen molar-refractivity contribution in [2.75, 3.05) is 27.4 Å². The molecule has 1 amide bonds. The van der Waals surface area contributed by atoms with Gasteiger partial charge in [0.25, 0.3) is 0 Å². The molecule has 0 radical (unpaired) electrons. The summed E-state index contributed by atoms with van der Waals surface area (Å²) in [4.78, 5) is 14.4. The van der Waals surface area contributed by atoms with Crippen LogP contribution in [0.25, 0.3) is 0 Å². The van der Waals surface area contributed by atoms with E-state index < -0.39 is 0 Å². The Hall–Kier alpha value is -1.75. The fourth-order valence-electron chi connectivity index (χ4n) is 3.61. The molecule has 2 aliphatic rings. The fraction of sp³-hybridized carbons (Fsp3) is 0.632. The second kappa shape index (κ2) is 7.88. The zero-order valence-corrected chi connectivity index (χ0v) is 14.7. The molecule has 1 fully saturated rings. The topological polar surface area (TPSA) is 48.0 Å². The number of carbonyl (C=O) groups is 1. The molecule has 5 nitrogen and oxygen atoms in total. The second-order valence-corrected chi connectivity index (χ2v) is 6.61. The van der Waals surface area contributed by atoms with Crippen LogP contribution in [0.4, 0.5) is 0 Å². The van der Waals surface area contributed by atoms with E-state index >= 15 is 0 Å². The summed E-state index contributed by atoms with van der Waals surface area (Å²) < 4.78 is 16.6. The molecule has 1 saturated carbocycles. The van der Waals surface area contributed by atoms with Gasteiger partial charge in [0.2, 0.25) is 5.91 Å². The van der Waals surface area contributed by atoms with Crippen molar-refractivity contribution in [3.8, 4) is 11.5 Å². The van der Waals surface area contributed by atoms with Crippen LogP contribution in [0.15, 0.2) is 12.1 Å². The molecule has 1 aromatic rings. The Morgan fingerprint density at radius 3 is 2.42 bits per heavy atom. The maximum absolute atomic E-state index is 12.5. The van der Waals surface area contributed by atoms with Gasteiger partial charge in [-0.15, -0.1) is 0 Å². The van der Waals surface area contributed by atoms with Crippen LogP contribution in [0.3, 0.4) is 0 Å². The first-order valence-electron chi connectivity index (χ1n) is 8.84. The quantitative estimate of drug-likeness (QED) is 0.831. The number of carbonyl (C=O) groups excluding carboxylic acids is 1. The molecule has 0 bridgehead atoms. The van der Waals surface area contributed by atoms with Crippen LogP contribution in [-0.4, -0.2) is 44.3 Å². The molecular formula is C19H27NO4. The van der Waals surface area contributed by atoms with Crippen molar-refractivity contribution in [1.29, 1.82) is 0 Å². The minimum absolute atomic E-state index is 0.0843. The third-order valence-electron chi connectivity index (χ3n) is 5.07. The third kappa shape index (κ3) is 3.83. The molecule has 0 spiro atoms. The van der Waals surface area contributed by atoms with Gasteiger partial charge in [-0.3, -0.25) is 4.79 Å². The normalized spacial score (nSPS) is 18.2. The lowest BCUT2D eigenvalue weighted by Crippen LogP contribution is -2.39. The van der Waals surface area contributed by atoms with Crippen LogP contribution in [0, 0.1) is 0 Å². The van der Waals surface area contributed by atoms with Gasteiger partial charge in [-0.25, -0.2) is 0 Å². The molecule has 0 N–H and O–H groups in total. The second-order valence-electron chi connectivity index (χ2n) is 6.61. The molecule has 0 atom stereocenters. The average molecular weight is 333 g/mol. The zero-order valence-electron chi connectivity index (χ0n) is 14.7. The highest BCUT2D eigenvalue weighted by Gasteiger charge is 2.24. The average Bonchev–Trinajstić information content (AvgIpc) is 2.65. The molecule has 0 aromatic heterocycles. The Labute approximate surface area is 143 Å². The third-order valence-corrected chi connectivity index (χ3v) is 5.07. The summed E-state index contributed by atoms with van der Waals surface area (Å²) in [5, 5.41) is 0. The number of methoxy groups -OCH3 is 2. The first-order valence-corrected chi connectivity index (χ1v) is 8.84. The standard InChI is InChI=1S/C19H27NO4/c1-22-17-10-14-8-9-20(12-15(14)11-18(17)23-2)19(21)13-24-16-6-4-3-5-7-16/h10-11,16H,3-9,12-13H2,1-2H3. The van der Waals surface area contributed by atoms with Crippen LogP contribution in [0.1, 0.15) is 43.2 Å². The van der Waals surface area contributed by atoms with Crippen LogP contribution < -0.4 is 9.47 Å². The highest BCUT2D eigenvalue weighted by molar-refractivity contribution is 5.78. The van der Waals surface area contributed by atoms with Crippen molar-refractivity contribution in [3.05, 3.63) is 23.3 Å². The fourth-order valence-corrected chi connectivity index (χ4v) is 3.61. The monoisotopic (exact) mass is 333 g/mol. The van der Waals surface area contributed by atoms with Crippen LogP contribution in [0.5, 0.6) is 11.5 Å². The molecule has 0 saturated heterocycles. The Kier molecular flexibility index (Phi) is 5.61. The molecule has 24 heavy (non-hydrogen) atoms. The maximum atomic E-state index is 12.5. The number of amides is 1. The molecule has 0 unspecified atom stereocenters. The van der Waals surface area contributed by atoms with Crippen molar-refractivity contribution in [2.24, 2.45) is 0 Å². The van der Waals surface area contributed by atoms with E-state index in [1.807, 2.05) is 17.0 Å². The van der Waals surface area contributed by atoms with Crippen LogP contribution >= 0.6 is 0 Å². The SMILES string of the molecule is COc1cc2c(cc1OC)CN(C(=O)COC1CCCCC1)CC2. The van der Waals surface area contributed by atoms with Crippen molar-refractivity contribution in [1.82, 2.24) is 4.90 Å². The van der Waals surface area contributed by atoms with E-state index in [1.54, 1.807) is 14.2 Å². The number of hydrogen-bond donors (Lipinski definition) is 0. The number of ether oxygens (including phenoxy) is 3. The lowest BCUT2D eigenvalue weighted by atomic mass is 9.98. The van der Waals surface area contributed by atoms with E-state index in [1.165, 1.54) is 24.8 Å². The molecule has 5 heteroatoms. The van der Waals surface area contributed by atoms with Gasteiger partial charge in [-0.1, -0.05) is 19.3 Å². The van der Waals surface area contributed by atoms with E-state index in [-0.39, 0.29) is 18.6 Å². The first kappa shape index (κ1) is 17.1. The molecular weight excluding hydrogens is 306 g/mol. The summed E-state index contributed by atoms with van der Waals surface area (Å²) in [5.74, 6) is 1.54. The van der Waals surface area contributed by atoms with Crippen LogP contribution in [0.2, 0.25) is 0 Å². The van der Waals surface area contributed by atoms with Gasteiger partial charge >= 0.3 is 0 Å². The predicted octanol–water partition coefficient (Wildman–Crippen LogP) is 2.94. The largest absolute Gasteiger partial charge is 0.493 e. The number of hydrogen-bond acceptors (Lipinski definition) is 4. The molecule has 1 heterocycles. The van der Waals surface area contributed by atoms with E-state index in [9.17, 15) is 4.79 Å². The predicted molar refractivity (Wildman–Crippen MR) is 91.5 cm³/mol. The Morgan fingerprint density at radius 1 is 1.08 bits per heavy atom. The number of nitrogens with zero attached hydrogens (tertiary/aromatic N) is 1. The number of benzene rings is 1. The number of fused-ring (bicyclic) bond motifs is 1. The van der Waals surface area contributed by atoms with Gasteiger partial charge in [-0.2, -0.15) is 0 Å². The summed E-state index contributed by atoms with van der Waals surface area (Å²) in [6.45, 7) is 1.55. The minimum atomic E-state index is 0.0843. The van der Waals surface area contributed by atoms with Gasteiger partial charge in [0.1, 0.15) is 6.61 Å². The Morgan fingerprint density at radius 2 is 1.75 bits per heavy atom. The van der Waals surface area contributed by atoms with E-state index in [0.717, 1.165) is 37.1 Å². The summed E-state index contributed by atoms with van der Waals surface area (Å²) in [6, 6.07) is 4.00. The van der Waals surface area contributed by atoms with Gasteiger partial charge in [0, 0.05) is 13.1 Å². The van der Waals surface area contributed by atoms with Gasteiger partial charge in [-0.05, 0) is 42.5 Å². The summed E-state index contributed by atoms with van der Waals surface area (Å²) in [5.41, 5.74) is 2.36. The first-order chi connectivity index (χ1) is 11.7. The lowest BCUT2D eigenvalue weighted by molar-refractivity contribution is -0.139. The van der Waals surface area contributed by atoms with Crippen molar-refractivity contribution >= 4 is 5.91 Å². The molecule has 1 aromatic carbocycles. The maximum Gasteiger partial charge on any atom is 0.248 e. The summed E-state index contributed by atoms with van der Waals surface area (Å²) in [6.07, 6.45) is 7.02. The Bertz CT molecular complexity index is 581. The van der Waals surface area contributed by atoms with Crippen LogP contribution in [-0.2, 0) is 22.5 Å². The van der Waals surface area contributed by atoms with Crippen molar-refractivity contribution < 1.29 is 19.0 Å². The highest BCUT2D eigenvalue weighted by Crippen LogP contribution is 2.33. The molecule has 1 aliphatic carbocycles. The lowest BCUT2D eigenvalue weighted by Gasteiger charge is -2.30. The Balaban J connectivity index is 1.60. The van der Waals surface area contributed by atoms with Gasteiger partial charge in [0.05, 0.1) is 20.3 Å². The highest BCUT2D eigenvalue weighted by atomic mass is 16.5. The molecule has 1 aliphatic heterocycles. The van der Waals surface area contributed by atoms with E-state index in [0.29, 0.717) is 12.3 Å². The van der Waals surface area contributed by atoms with Gasteiger partial charge in [0.15, 0.2) is 11.5 Å². The number of rotatable bonds is 5. The van der Waals surface area contributed by atoms with E-state index in [2.05, 4.69) is 0 Å². The van der Waals surface area contributed by atoms with Crippen molar-refractivity contribution in [3.63, 3.8) is 0 Å². The summed E-state index contributed by atoms with van der Waals surface area (Å²) >= 11 is 0. The summed E-state index contributed by atoms with van der Waals surface area (Å²) in [7, 11) is 3.28. The minimum Gasteiger partial charge on any atom is -0.493 e. The zero-order chi connectivity index (χ0) is 16.9. The molecule has 3 rings (SSSR count). The smallest absolute Gasteiger partial charge is 0.248 e. The van der Waals surface area contributed by atoms with E-state index in [4.69, 9.17) is 14.2 Å². The van der Waals surface area contributed by atoms with Crippen molar-refractivity contribution in [2.45, 2.75) is 51.2 Å².